The third kappa shape index (κ3) is 9.88. The number of benzene rings is 2. The predicted molar refractivity (Wildman–Crippen MR) is 152 cm³/mol. The molecule has 244 valence electrons. The number of nitrogens with zero attached hydrogens (tertiary/aromatic N) is 2. The summed E-state index contributed by atoms with van der Waals surface area (Å²) in [6, 6.07) is 18.8. The summed E-state index contributed by atoms with van der Waals surface area (Å²) in [5, 5.41) is 22.0. The minimum atomic E-state index is -5.08. The number of halogens is 6. The number of nitrogens with one attached hydrogen (secondary N) is 2. The van der Waals surface area contributed by atoms with Gasteiger partial charge in [0.15, 0.2) is 0 Å². The van der Waals surface area contributed by atoms with Gasteiger partial charge in [0, 0.05) is 42.7 Å². The van der Waals surface area contributed by atoms with Gasteiger partial charge >= 0.3 is 24.3 Å². The largest absolute Gasteiger partial charge is 0.490 e. The first kappa shape index (κ1) is 35.2. The molecule has 2 aromatic carbocycles. The highest BCUT2D eigenvalue weighted by Gasteiger charge is 2.40. The Kier molecular flexibility index (Phi) is 11.5. The van der Waals surface area contributed by atoms with Gasteiger partial charge in [0.2, 0.25) is 0 Å². The second-order valence-corrected chi connectivity index (χ2v) is 10.7. The van der Waals surface area contributed by atoms with Crippen molar-refractivity contribution < 1.29 is 50.9 Å². The smallest absolute Gasteiger partial charge is 0.475 e. The molecule has 1 spiro atoms. The Morgan fingerprint density at radius 2 is 1.51 bits per heavy atom. The molecule has 0 unspecified atom stereocenters. The zero-order valence-corrected chi connectivity index (χ0v) is 24.1. The molecular weight excluding hydrogens is 610 g/mol. The van der Waals surface area contributed by atoms with Gasteiger partial charge in [-0.3, -0.25) is 9.78 Å². The van der Waals surface area contributed by atoms with Crippen molar-refractivity contribution in [3.05, 3.63) is 77.5 Å². The van der Waals surface area contributed by atoms with Crippen LogP contribution in [0.4, 0.5) is 26.3 Å². The van der Waals surface area contributed by atoms with Crippen LogP contribution in [0.2, 0.25) is 0 Å². The van der Waals surface area contributed by atoms with Crippen molar-refractivity contribution in [1.29, 1.82) is 0 Å². The van der Waals surface area contributed by atoms with E-state index in [1.807, 2.05) is 30.3 Å². The van der Waals surface area contributed by atoms with E-state index < -0.39 is 24.3 Å². The third-order valence-corrected chi connectivity index (χ3v) is 7.43. The molecule has 9 nitrogen and oxygen atoms in total. The van der Waals surface area contributed by atoms with Crippen LogP contribution in [0.5, 0.6) is 0 Å². The number of carboxylic acids is 2. The zero-order valence-electron chi connectivity index (χ0n) is 24.1. The summed E-state index contributed by atoms with van der Waals surface area (Å²) in [6.45, 7) is 7.14. The van der Waals surface area contributed by atoms with Crippen molar-refractivity contribution in [1.82, 2.24) is 20.5 Å². The number of fused-ring (bicyclic) bond motifs is 3. The number of rotatable bonds is 4. The Balaban J connectivity index is 0.000000331. The topological polar surface area (TPSA) is 132 Å². The lowest BCUT2D eigenvalue weighted by molar-refractivity contribution is -0.193. The Bertz CT molecular complexity index is 1470. The number of carboxylic acid groups (broad SMARTS) is 2. The first-order chi connectivity index (χ1) is 21.0. The van der Waals surface area contributed by atoms with Gasteiger partial charge in [0.1, 0.15) is 0 Å². The van der Waals surface area contributed by atoms with Crippen LogP contribution in [0.1, 0.15) is 41.3 Å². The Labute approximate surface area is 254 Å². The summed E-state index contributed by atoms with van der Waals surface area (Å²) >= 11 is 0. The van der Waals surface area contributed by atoms with Gasteiger partial charge in [-0.25, -0.2) is 9.59 Å². The number of aliphatic carboxylic acids is 2. The summed E-state index contributed by atoms with van der Waals surface area (Å²) < 4.78 is 63.5. The number of likely N-dealkylation sites (tertiary alicyclic amines) is 1. The van der Waals surface area contributed by atoms with E-state index in [2.05, 4.69) is 51.7 Å². The molecule has 0 aliphatic carbocycles. The molecule has 0 radical (unpaired) electrons. The highest BCUT2D eigenvalue weighted by molar-refractivity contribution is 5.97. The number of hydrogen-bond donors (Lipinski definition) is 4. The molecular formula is C30H32F6N4O5. The molecule has 1 saturated heterocycles. The molecule has 4 N–H and O–H groups in total. The van der Waals surface area contributed by atoms with Crippen LogP contribution in [0, 0.1) is 0 Å². The van der Waals surface area contributed by atoms with Crippen LogP contribution in [0.25, 0.3) is 10.9 Å². The van der Waals surface area contributed by atoms with Gasteiger partial charge in [0.25, 0.3) is 5.91 Å². The van der Waals surface area contributed by atoms with E-state index >= 15 is 0 Å². The van der Waals surface area contributed by atoms with Crippen molar-refractivity contribution in [2.45, 2.75) is 50.1 Å². The number of amides is 1. The first-order valence-corrected chi connectivity index (χ1v) is 13.8. The number of carbonyl (C=O) groups is 3. The number of carbonyl (C=O) groups excluding carboxylic acids is 1. The molecule has 2 aliphatic rings. The van der Waals surface area contributed by atoms with E-state index in [-0.39, 0.29) is 17.4 Å². The third-order valence-electron chi connectivity index (χ3n) is 7.43. The van der Waals surface area contributed by atoms with Gasteiger partial charge < -0.3 is 25.7 Å². The lowest BCUT2D eigenvalue weighted by Crippen LogP contribution is -2.52. The van der Waals surface area contributed by atoms with Crippen LogP contribution in [0.3, 0.4) is 0 Å². The number of para-hydroxylation sites is 1. The highest BCUT2D eigenvalue weighted by atomic mass is 19.4. The normalized spacial score (nSPS) is 16.7. The minimum Gasteiger partial charge on any atom is -0.475 e. The molecule has 0 bridgehead atoms. The number of piperidine rings is 1. The summed E-state index contributed by atoms with van der Waals surface area (Å²) in [4.78, 5) is 37.4. The highest BCUT2D eigenvalue weighted by Crippen LogP contribution is 2.39. The quantitative estimate of drug-likeness (QED) is 0.300. The van der Waals surface area contributed by atoms with Crippen LogP contribution in [-0.4, -0.2) is 82.5 Å². The number of hydrogen-bond acceptors (Lipinski definition) is 6. The predicted octanol–water partition coefficient (Wildman–Crippen LogP) is 4.76. The first-order valence-electron chi connectivity index (χ1n) is 13.8. The van der Waals surface area contributed by atoms with Crippen molar-refractivity contribution in [3.63, 3.8) is 0 Å². The molecule has 3 aromatic rings. The van der Waals surface area contributed by atoms with E-state index in [4.69, 9.17) is 19.8 Å². The minimum absolute atomic E-state index is 0.0513. The summed E-state index contributed by atoms with van der Waals surface area (Å²) in [7, 11) is 0. The van der Waals surface area contributed by atoms with Crippen LogP contribution >= 0.6 is 0 Å². The number of aromatic nitrogens is 1. The molecule has 0 saturated carbocycles. The monoisotopic (exact) mass is 642 g/mol. The average molecular weight is 643 g/mol. The maximum Gasteiger partial charge on any atom is 0.490 e. The van der Waals surface area contributed by atoms with Crippen LogP contribution in [-0.2, 0) is 21.5 Å². The second-order valence-electron chi connectivity index (χ2n) is 10.7. The maximum atomic E-state index is 12.7. The average Bonchev–Trinajstić information content (AvgIpc) is 2.98. The molecule has 2 aliphatic heterocycles. The van der Waals surface area contributed by atoms with E-state index in [1.54, 1.807) is 11.8 Å². The van der Waals surface area contributed by atoms with Gasteiger partial charge in [-0.05, 0) is 56.1 Å². The Hall–Kier alpha value is -4.24. The summed E-state index contributed by atoms with van der Waals surface area (Å²) in [5.74, 6) is -5.57. The van der Waals surface area contributed by atoms with Crippen molar-refractivity contribution >= 4 is 28.7 Å². The lowest BCUT2D eigenvalue weighted by atomic mass is 9.69. The number of pyridine rings is 1. The SMILES string of the molecule is C[C@H](CN1CCC2(CC1)CNCc1ccccc12)NC(=O)c1cnc2ccccc2c1.O=C(O)C(F)(F)F.O=C(O)C(F)(F)F. The standard InChI is InChI=1S/C26H30N4O.2C2HF3O2/c1-19(29-25(31)22-14-20-6-3-5-9-24(20)28-16-22)17-30-12-10-26(11-13-30)18-27-15-21-7-2-4-8-23(21)26;2*3-2(4,5)1(6)7/h2-9,14,16,19,27H,10-13,15,17-18H2,1H3,(H,29,31);2*(H,6,7)/t19-;;/m1../s1. The van der Waals surface area contributed by atoms with Crippen molar-refractivity contribution in [3.8, 4) is 0 Å². The van der Waals surface area contributed by atoms with E-state index in [1.165, 1.54) is 5.56 Å². The van der Waals surface area contributed by atoms with E-state index in [0.717, 1.165) is 56.5 Å². The molecule has 1 amide bonds. The summed E-state index contributed by atoms with van der Waals surface area (Å²) in [5.41, 5.74) is 4.78. The van der Waals surface area contributed by atoms with Crippen molar-refractivity contribution in [2.24, 2.45) is 0 Å². The van der Waals surface area contributed by atoms with E-state index in [0.29, 0.717) is 5.56 Å². The zero-order chi connectivity index (χ0) is 33.4. The molecule has 1 atom stereocenters. The van der Waals surface area contributed by atoms with Crippen LogP contribution in [0.15, 0.2) is 60.8 Å². The second kappa shape index (κ2) is 14.7. The van der Waals surface area contributed by atoms with Gasteiger partial charge in [-0.15, -0.1) is 0 Å². The molecule has 3 heterocycles. The maximum absolute atomic E-state index is 12.7. The Morgan fingerprint density at radius 1 is 0.956 bits per heavy atom. The van der Waals surface area contributed by atoms with E-state index in [9.17, 15) is 31.1 Å². The molecule has 5 rings (SSSR count). The molecule has 1 fully saturated rings. The van der Waals surface area contributed by atoms with Gasteiger partial charge in [0.05, 0.1) is 11.1 Å². The summed E-state index contributed by atoms with van der Waals surface area (Å²) in [6.07, 6.45) is -6.18. The molecule has 1 aromatic heterocycles. The van der Waals surface area contributed by atoms with Crippen molar-refractivity contribution in [2.75, 3.05) is 26.2 Å². The Morgan fingerprint density at radius 3 is 2.11 bits per heavy atom. The lowest BCUT2D eigenvalue weighted by Gasteiger charge is -2.46. The van der Waals surface area contributed by atoms with Gasteiger partial charge in [-0.1, -0.05) is 42.5 Å². The fourth-order valence-electron chi connectivity index (χ4n) is 5.27. The van der Waals surface area contributed by atoms with Gasteiger partial charge in [-0.2, -0.15) is 26.3 Å². The fraction of sp³-hybridized carbons (Fsp3) is 0.400. The number of alkyl halides is 6. The molecule has 15 heteroatoms. The van der Waals surface area contributed by atoms with Crippen LogP contribution < -0.4 is 10.6 Å². The fourth-order valence-corrected chi connectivity index (χ4v) is 5.27. The molecule has 45 heavy (non-hydrogen) atoms.